The number of nitrogens with one attached hydrogen (secondary N) is 3. The fourth-order valence-electron chi connectivity index (χ4n) is 4.25. The molecule has 1 aromatic carbocycles. The van der Waals surface area contributed by atoms with Gasteiger partial charge in [-0.05, 0) is 53.1 Å². The van der Waals surface area contributed by atoms with Crippen LogP contribution in [0.5, 0.6) is 5.75 Å². The number of benzene rings is 1. The van der Waals surface area contributed by atoms with Gasteiger partial charge in [0.05, 0.1) is 24.8 Å². The van der Waals surface area contributed by atoms with Gasteiger partial charge in [-0.1, -0.05) is 0 Å². The maximum Gasteiger partial charge on any atom is 0.410 e. The summed E-state index contributed by atoms with van der Waals surface area (Å²) < 4.78 is 10.8. The van der Waals surface area contributed by atoms with Crippen LogP contribution in [0.4, 0.5) is 22.1 Å². The zero-order valence-electron chi connectivity index (χ0n) is 25.9. The van der Waals surface area contributed by atoms with Gasteiger partial charge in [-0.15, -0.1) is 0 Å². The number of fused-ring (bicyclic) bond motifs is 1. The lowest BCUT2D eigenvalue weighted by atomic mass is 10.1. The minimum absolute atomic E-state index is 0.115. The van der Waals surface area contributed by atoms with E-state index in [9.17, 15) is 14.4 Å². The zero-order chi connectivity index (χ0) is 31.7. The molecule has 0 saturated heterocycles. The van der Waals surface area contributed by atoms with Gasteiger partial charge >= 0.3 is 12.1 Å². The second-order valence-corrected chi connectivity index (χ2v) is 11.3. The van der Waals surface area contributed by atoms with Crippen LogP contribution in [-0.2, 0) is 20.9 Å². The summed E-state index contributed by atoms with van der Waals surface area (Å²) in [5.41, 5.74) is 1.86. The Labute approximate surface area is 252 Å². The predicted octanol–water partition coefficient (Wildman–Crippen LogP) is 2.62. The molecule has 1 aliphatic rings. The second kappa shape index (κ2) is 14.6. The van der Waals surface area contributed by atoms with Gasteiger partial charge in [-0.25, -0.2) is 14.8 Å². The zero-order valence-corrected chi connectivity index (χ0v) is 25.9. The van der Waals surface area contributed by atoms with Crippen molar-refractivity contribution < 1.29 is 29.0 Å². The van der Waals surface area contributed by atoms with Crippen molar-refractivity contribution in [3.8, 4) is 5.75 Å². The molecule has 0 bridgehead atoms. The number of carbonyl (C=O) groups is 3. The Balaban J connectivity index is 1.64. The van der Waals surface area contributed by atoms with E-state index in [4.69, 9.17) is 14.6 Å². The maximum atomic E-state index is 12.8. The number of carbonyl (C=O) groups excluding carboxylic acids is 2. The first-order valence-corrected chi connectivity index (χ1v) is 13.8. The van der Waals surface area contributed by atoms with Gasteiger partial charge in [-0.3, -0.25) is 14.5 Å². The lowest BCUT2D eigenvalue weighted by Gasteiger charge is -2.26. The van der Waals surface area contributed by atoms with Crippen molar-refractivity contribution in [1.82, 2.24) is 24.7 Å². The monoisotopic (exact) mass is 598 g/mol. The van der Waals surface area contributed by atoms with E-state index in [1.807, 2.05) is 33.9 Å². The number of amides is 2. The fourth-order valence-corrected chi connectivity index (χ4v) is 4.25. The van der Waals surface area contributed by atoms with Gasteiger partial charge in [0.15, 0.2) is 0 Å². The highest BCUT2D eigenvalue weighted by Gasteiger charge is 2.29. The topological polar surface area (TPSA) is 161 Å². The highest BCUT2D eigenvalue weighted by atomic mass is 16.6. The number of rotatable bonds is 14. The molecule has 0 radical (unpaired) electrons. The van der Waals surface area contributed by atoms with Gasteiger partial charge in [-0.2, -0.15) is 0 Å². The molecule has 2 heterocycles. The molecular formula is C29H42N8O6. The Bertz CT molecular complexity index is 1340. The van der Waals surface area contributed by atoms with Crippen LogP contribution in [0, 0.1) is 0 Å². The molecule has 43 heavy (non-hydrogen) atoms. The van der Waals surface area contributed by atoms with Crippen molar-refractivity contribution >= 4 is 40.9 Å². The van der Waals surface area contributed by atoms with Gasteiger partial charge in [0.2, 0.25) is 0 Å². The molecule has 234 valence electrons. The molecule has 3 rings (SSSR count). The number of methoxy groups -OCH3 is 1. The van der Waals surface area contributed by atoms with Crippen LogP contribution in [0.3, 0.4) is 0 Å². The Morgan fingerprint density at radius 2 is 1.84 bits per heavy atom. The summed E-state index contributed by atoms with van der Waals surface area (Å²) in [7, 11) is 6.93. The summed E-state index contributed by atoms with van der Waals surface area (Å²) in [6, 6.07) is 5.44. The molecule has 0 aliphatic carbocycles. The standard InChI is InChI=1S/C29H42N8O6/c1-29(2,3)43-28(41)37(6)13-12-35(4)11-10-30-25-24-21(27(40)34-26(24)33-18-32-25)15-31-20-8-9-22(42-7)19(14-20)16-36(5)17-23(38)39/h8-9,14-15,18,31H,10-13,16-17H2,1-7H3,(H,38,39)(H2,30,32,33,34,40)/b21-15-. The number of ether oxygens (including phenoxy) is 2. The third-order valence-corrected chi connectivity index (χ3v) is 6.41. The van der Waals surface area contributed by atoms with Crippen LogP contribution in [0.2, 0.25) is 0 Å². The Kier molecular flexibility index (Phi) is 11.3. The molecule has 0 fully saturated rings. The molecule has 2 aromatic rings. The minimum Gasteiger partial charge on any atom is -0.496 e. The van der Waals surface area contributed by atoms with Crippen molar-refractivity contribution in [2.75, 3.05) is 76.9 Å². The summed E-state index contributed by atoms with van der Waals surface area (Å²) in [6.45, 7) is 8.10. The number of nitrogens with zero attached hydrogens (tertiary/aromatic N) is 5. The van der Waals surface area contributed by atoms with E-state index in [1.54, 1.807) is 49.3 Å². The third-order valence-electron chi connectivity index (χ3n) is 6.41. The van der Waals surface area contributed by atoms with Crippen LogP contribution < -0.4 is 20.7 Å². The molecule has 14 heteroatoms. The SMILES string of the molecule is COc1ccc(N/C=C2\C(=O)Nc3ncnc(NCCN(C)CCN(C)C(=O)OC(C)(C)C)c32)cc1CN(C)CC(=O)O. The fraction of sp³-hybridized carbons (Fsp3) is 0.483. The van der Waals surface area contributed by atoms with Crippen molar-refractivity contribution in [3.63, 3.8) is 0 Å². The van der Waals surface area contributed by atoms with Crippen LogP contribution in [0.25, 0.3) is 5.57 Å². The molecule has 14 nitrogen and oxygen atoms in total. The summed E-state index contributed by atoms with van der Waals surface area (Å²) in [4.78, 5) is 50.0. The largest absolute Gasteiger partial charge is 0.496 e. The first kappa shape index (κ1) is 33.1. The normalized spacial score (nSPS) is 13.6. The number of likely N-dealkylation sites (N-methyl/N-ethyl adjacent to an activating group) is 3. The van der Waals surface area contributed by atoms with Crippen molar-refractivity contribution in [1.29, 1.82) is 0 Å². The highest BCUT2D eigenvalue weighted by Crippen LogP contribution is 2.34. The van der Waals surface area contributed by atoms with E-state index in [2.05, 4.69) is 30.8 Å². The maximum absolute atomic E-state index is 12.8. The predicted molar refractivity (Wildman–Crippen MR) is 164 cm³/mol. The van der Waals surface area contributed by atoms with E-state index in [0.29, 0.717) is 66.9 Å². The summed E-state index contributed by atoms with van der Waals surface area (Å²) >= 11 is 0. The molecule has 4 N–H and O–H groups in total. The molecule has 1 aromatic heterocycles. The van der Waals surface area contributed by atoms with Gasteiger partial charge in [0.1, 0.15) is 29.3 Å². The van der Waals surface area contributed by atoms with E-state index < -0.39 is 11.6 Å². The average molecular weight is 599 g/mol. The summed E-state index contributed by atoms with van der Waals surface area (Å²) in [6.07, 6.45) is 2.62. The second-order valence-electron chi connectivity index (χ2n) is 11.3. The number of carboxylic acids is 1. The minimum atomic E-state index is -0.921. The van der Waals surface area contributed by atoms with Crippen LogP contribution in [-0.4, -0.2) is 114 Å². The third kappa shape index (κ3) is 9.82. The van der Waals surface area contributed by atoms with E-state index >= 15 is 0 Å². The Morgan fingerprint density at radius 3 is 2.51 bits per heavy atom. The first-order valence-electron chi connectivity index (χ1n) is 13.8. The van der Waals surface area contributed by atoms with Crippen molar-refractivity contribution in [2.45, 2.75) is 32.9 Å². The lowest BCUT2D eigenvalue weighted by molar-refractivity contribution is -0.138. The Morgan fingerprint density at radius 1 is 1.09 bits per heavy atom. The van der Waals surface area contributed by atoms with E-state index in [1.165, 1.54) is 6.33 Å². The number of aliphatic carboxylic acids is 1. The molecule has 0 unspecified atom stereocenters. The van der Waals surface area contributed by atoms with Crippen molar-refractivity contribution in [3.05, 3.63) is 41.9 Å². The molecular weight excluding hydrogens is 556 g/mol. The van der Waals surface area contributed by atoms with Crippen molar-refractivity contribution in [2.24, 2.45) is 0 Å². The molecule has 2 amide bonds. The number of anilines is 3. The summed E-state index contributed by atoms with van der Waals surface area (Å²) in [5.74, 6) is 0.314. The molecule has 0 spiro atoms. The van der Waals surface area contributed by atoms with Gasteiger partial charge in [0, 0.05) is 57.2 Å². The molecule has 0 atom stereocenters. The van der Waals surface area contributed by atoms with E-state index in [-0.39, 0.29) is 18.5 Å². The van der Waals surface area contributed by atoms with Gasteiger partial charge in [0.25, 0.3) is 5.91 Å². The van der Waals surface area contributed by atoms with Crippen LogP contribution >= 0.6 is 0 Å². The molecule has 1 aliphatic heterocycles. The van der Waals surface area contributed by atoms with Gasteiger partial charge < -0.3 is 40.3 Å². The number of hydrogen-bond donors (Lipinski definition) is 4. The van der Waals surface area contributed by atoms with Crippen LogP contribution in [0.1, 0.15) is 31.9 Å². The highest BCUT2D eigenvalue weighted by molar-refractivity contribution is 6.32. The Hall–Kier alpha value is -4.43. The lowest BCUT2D eigenvalue weighted by Crippen LogP contribution is -2.39. The summed E-state index contributed by atoms with van der Waals surface area (Å²) in [5, 5.41) is 18.3. The molecule has 0 saturated carbocycles. The first-order chi connectivity index (χ1) is 20.3. The smallest absolute Gasteiger partial charge is 0.410 e. The number of carboxylic acid groups (broad SMARTS) is 1. The average Bonchev–Trinajstić information content (AvgIpc) is 3.24. The number of hydrogen-bond acceptors (Lipinski definition) is 11. The van der Waals surface area contributed by atoms with E-state index in [0.717, 1.165) is 5.56 Å². The number of aromatic nitrogens is 2. The quantitative estimate of drug-likeness (QED) is 0.236. The van der Waals surface area contributed by atoms with Crippen LogP contribution in [0.15, 0.2) is 30.7 Å².